The molecule has 0 radical (unpaired) electrons. The van der Waals surface area contributed by atoms with Crippen LogP contribution in [0.3, 0.4) is 0 Å². The quantitative estimate of drug-likeness (QED) is 0.473. The van der Waals surface area contributed by atoms with E-state index in [1.807, 2.05) is 37.3 Å². The Kier molecular flexibility index (Phi) is 5.00. The minimum absolute atomic E-state index is 0.179. The molecule has 4 rings (SSSR count). The van der Waals surface area contributed by atoms with Crippen LogP contribution in [0.4, 0.5) is 0 Å². The van der Waals surface area contributed by atoms with Gasteiger partial charge in [-0.3, -0.25) is 4.90 Å². The fraction of sp³-hybridized carbons (Fsp3) is 0.409. The van der Waals surface area contributed by atoms with Crippen molar-refractivity contribution in [2.45, 2.75) is 44.4 Å². The highest BCUT2D eigenvalue weighted by Crippen LogP contribution is 2.44. The number of hydrazine groups is 1. The summed E-state index contributed by atoms with van der Waals surface area (Å²) in [7, 11) is 0. The van der Waals surface area contributed by atoms with Crippen LogP contribution in [0.15, 0.2) is 65.5 Å². The number of fused-ring (bicyclic) bond motifs is 3. The lowest BCUT2D eigenvalue weighted by atomic mass is 9.80. The van der Waals surface area contributed by atoms with Crippen LogP contribution in [0.5, 0.6) is 0 Å². The predicted octanol–water partition coefficient (Wildman–Crippen LogP) is 2.20. The molecular weight excluding hydrogens is 352 g/mol. The maximum atomic E-state index is 12.2. The zero-order valence-corrected chi connectivity index (χ0v) is 16.3. The van der Waals surface area contributed by atoms with Crippen LogP contribution in [0.25, 0.3) is 0 Å². The maximum Gasteiger partial charge on any atom is 0.332 e. The van der Waals surface area contributed by atoms with Crippen LogP contribution in [-0.4, -0.2) is 40.6 Å². The minimum atomic E-state index is -0.669. The Morgan fingerprint density at radius 2 is 2.14 bits per heavy atom. The van der Waals surface area contributed by atoms with Crippen LogP contribution in [0.1, 0.15) is 31.7 Å². The van der Waals surface area contributed by atoms with Crippen molar-refractivity contribution in [1.29, 1.82) is 0 Å². The molecule has 0 saturated carbocycles. The summed E-state index contributed by atoms with van der Waals surface area (Å²) < 4.78 is 5.84. The lowest BCUT2D eigenvalue weighted by Crippen LogP contribution is -2.53. The summed E-state index contributed by atoms with van der Waals surface area (Å²) in [6.45, 7) is 4.37. The molecule has 0 aliphatic carbocycles. The van der Waals surface area contributed by atoms with Gasteiger partial charge < -0.3 is 15.5 Å². The minimum Gasteiger partial charge on any atom is -0.450 e. The van der Waals surface area contributed by atoms with Crippen molar-refractivity contribution in [3.63, 3.8) is 0 Å². The van der Waals surface area contributed by atoms with Gasteiger partial charge in [-0.2, -0.15) is 0 Å². The molecule has 6 heteroatoms. The number of carbonyl (C=O) groups is 1. The molecule has 1 aromatic carbocycles. The predicted molar refractivity (Wildman–Crippen MR) is 108 cm³/mol. The van der Waals surface area contributed by atoms with Crippen LogP contribution < -0.4 is 11.6 Å². The fourth-order valence-corrected chi connectivity index (χ4v) is 4.66. The molecule has 0 aromatic heterocycles. The average Bonchev–Trinajstić information content (AvgIpc) is 2.92. The molecule has 0 amide bonds. The number of rotatable bonds is 4. The summed E-state index contributed by atoms with van der Waals surface area (Å²) >= 11 is 0. The van der Waals surface area contributed by atoms with Crippen LogP contribution in [0.2, 0.25) is 0 Å². The van der Waals surface area contributed by atoms with Gasteiger partial charge in [0.2, 0.25) is 0 Å². The first-order valence-corrected chi connectivity index (χ1v) is 9.90. The van der Waals surface area contributed by atoms with E-state index < -0.39 is 5.60 Å². The highest BCUT2D eigenvalue weighted by molar-refractivity contribution is 5.89. The van der Waals surface area contributed by atoms with Crippen molar-refractivity contribution in [2.75, 3.05) is 13.1 Å². The van der Waals surface area contributed by atoms with E-state index in [9.17, 15) is 4.79 Å². The van der Waals surface area contributed by atoms with Gasteiger partial charge in [-0.05, 0) is 31.9 Å². The Balaban J connectivity index is 1.63. The van der Waals surface area contributed by atoms with Crippen molar-refractivity contribution in [3.8, 4) is 0 Å². The van der Waals surface area contributed by atoms with Crippen LogP contribution in [0, 0.1) is 0 Å². The molecule has 0 spiro atoms. The van der Waals surface area contributed by atoms with Gasteiger partial charge in [-0.1, -0.05) is 42.8 Å². The normalized spacial score (nSPS) is 27.9. The molecule has 1 saturated heterocycles. The first-order valence-electron chi connectivity index (χ1n) is 9.90. The monoisotopic (exact) mass is 380 g/mol. The number of hydrogen-bond acceptors (Lipinski definition) is 6. The number of esters is 1. The van der Waals surface area contributed by atoms with Crippen molar-refractivity contribution in [2.24, 2.45) is 11.6 Å². The fourth-order valence-electron chi connectivity index (χ4n) is 4.66. The Morgan fingerprint density at radius 3 is 2.93 bits per heavy atom. The molecular formula is C22H28N4O2. The number of allylic oxidation sites excluding steroid dienone is 1. The van der Waals surface area contributed by atoms with E-state index in [0.717, 1.165) is 42.6 Å². The molecule has 3 heterocycles. The van der Waals surface area contributed by atoms with Gasteiger partial charge in [-0.25, -0.2) is 10.6 Å². The van der Waals surface area contributed by atoms with Crippen molar-refractivity contribution >= 4 is 5.97 Å². The first kappa shape index (κ1) is 18.8. The third-order valence-corrected chi connectivity index (χ3v) is 6.00. The number of ether oxygens (including phenoxy) is 1. The number of benzene rings is 1. The highest BCUT2D eigenvalue weighted by Gasteiger charge is 2.50. The van der Waals surface area contributed by atoms with Gasteiger partial charge >= 0.3 is 5.97 Å². The molecule has 6 nitrogen and oxygen atoms in total. The largest absolute Gasteiger partial charge is 0.450 e. The zero-order chi connectivity index (χ0) is 19.7. The van der Waals surface area contributed by atoms with E-state index in [1.54, 1.807) is 17.3 Å². The van der Waals surface area contributed by atoms with E-state index in [1.165, 1.54) is 6.42 Å². The van der Waals surface area contributed by atoms with E-state index in [2.05, 4.69) is 11.0 Å². The summed E-state index contributed by atoms with van der Waals surface area (Å²) in [5, 5.41) is 1.58. The van der Waals surface area contributed by atoms with Crippen molar-refractivity contribution < 1.29 is 9.53 Å². The van der Waals surface area contributed by atoms with E-state index >= 15 is 0 Å². The Bertz CT molecular complexity index is 845. The van der Waals surface area contributed by atoms with E-state index in [4.69, 9.17) is 16.3 Å². The third-order valence-electron chi connectivity index (χ3n) is 6.00. The van der Waals surface area contributed by atoms with Gasteiger partial charge in [0, 0.05) is 30.0 Å². The van der Waals surface area contributed by atoms with Crippen molar-refractivity contribution in [3.05, 3.63) is 71.1 Å². The summed E-state index contributed by atoms with van der Waals surface area (Å²) in [6, 6.07) is 10.2. The average molecular weight is 380 g/mol. The second-order valence-corrected chi connectivity index (χ2v) is 7.95. The second kappa shape index (κ2) is 7.45. The summed E-state index contributed by atoms with van der Waals surface area (Å²) in [6.07, 6.45) is 8.79. The lowest BCUT2D eigenvalue weighted by molar-refractivity contribution is -0.150. The number of nitrogens with two attached hydrogens (primary N) is 2. The number of carbonyl (C=O) groups excluding carboxylic acids is 1. The SMILES string of the molecule is C[C@]12OC(=O)C=C1C(/C(N)=C/N(N)Cc1ccccc1)=CCN1CCCCC12. The molecule has 28 heavy (non-hydrogen) atoms. The summed E-state index contributed by atoms with van der Waals surface area (Å²) in [4.78, 5) is 14.6. The molecule has 2 atom stereocenters. The molecule has 0 bridgehead atoms. The Hall–Kier alpha value is -2.57. The first-order chi connectivity index (χ1) is 13.5. The highest BCUT2D eigenvalue weighted by atomic mass is 16.6. The van der Waals surface area contributed by atoms with Gasteiger partial charge in [0.25, 0.3) is 0 Å². The Morgan fingerprint density at radius 1 is 1.36 bits per heavy atom. The molecule has 3 aliphatic rings. The summed E-state index contributed by atoms with van der Waals surface area (Å²) in [5.74, 6) is 5.89. The number of hydrogen-bond donors (Lipinski definition) is 2. The second-order valence-electron chi connectivity index (χ2n) is 7.95. The third kappa shape index (κ3) is 3.45. The van der Waals surface area contributed by atoms with E-state index in [0.29, 0.717) is 12.2 Å². The Labute approximate surface area is 166 Å². The molecule has 148 valence electrons. The number of piperidine rings is 1. The van der Waals surface area contributed by atoms with Gasteiger partial charge in [0.1, 0.15) is 0 Å². The standard InChI is InChI=1S/C22H28N4O2/c1-22-18(13-21(27)28-22)17(10-12-25-11-6-5-9-20(22)25)19(23)15-26(24)14-16-7-3-2-4-8-16/h2-4,7-8,10,13,15,20H,5-6,9,11-12,14,23-24H2,1H3/b19-15-/t20?,22-/m0/s1. The maximum absolute atomic E-state index is 12.2. The van der Waals surface area contributed by atoms with E-state index in [-0.39, 0.29) is 12.0 Å². The topological polar surface area (TPSA) is 84.8 Å². The zero-order valence-electron chi connectivity index (χ0n) is 16.3. The van der Waals surface area contributed by atoms with Gasteiger partial charge in [0.05, 0.1) is 18.3 Å². The lowest BCUT2D eigenvalue weighted by Gasteiger charge is -2.43. The van der Waals surface area contributed by atoms with Crippen molar-refractivity contribution in [1.82, 2.24) is 9.91 Å². The molecule has 1 fully saturated rings. The van der Waals surface area contributed by atoms with Crippen LogP contribution in [-0.2, 0) is 16.1 Å². The summed E-state index contributed by atoms with van der Waals surface area (Å²) in [5.41, 5.74) is 9.17. The molecule has 1 aromatic rings. The smallest absolute Gasteiger partial charge is 0.332 e. The van der Waals surface area contributed by atoms with Gasteiger partial charge in [-0.15, -0.1) is 0 Å². The molecule has 3 aliphatic heterocycles. The van der Waals surface area contributed by atoms with Crippen LogP contribution >= 0.6 is 0 Å². The molecule has 1 unspecified atom stereocenters. The van der Waals surface area contributed by atoms with Gasteiger partial charge in [0.15, 0.2) is 5.60 Å². The molecule has 4 N–H and O–H groups in total. The number of nitrogens with zero attached hydrogens (tertiary/aromatic N) is 2.